The number of carbonyl (C=O) groups is 1. The second-order valence-electron chi connectivity index (χ2n) is 9.71. The molecular formula is C27H30F2N6O5S. The highest BCUT2D eigenvalue weighted by atomic mass is 32.2. The zero-order valence-electron chi connectivity index (χ0n) is 22.9. The summed E-state index contributed by atoms with van der Waals surface area (Å²) in [6.45, 7) is 4.45. The van der Waals surface area contributed by atoms with Crippen LogP contribution in [0, 0.1) is 11.6 Å². The Bertz CT molecular complexity index is 1580. The number of hydrogen-bond acceptors (Lipinski definition) is 9. The van der Waals surface area contributed by atoms with Gasteiger partial charge >= 0.3 is 0 Å². The number of halogens is 2. The smallest absolute Gasteiger partial charge is 0.265 e. The van der Waals surface area contributed by atoms with Crippen LogP contribution in [-0.4, -0.2) is 86.2 Å². The number of hydrogen-bond donors (Lipinski definition) is 1. The lowest BCUT2D eigenvalue weighted by atomic mass is 10.1. The van der Waals surface area contributed by atoms with Crippen molar-refractivity contribution in [3.05, 3.63) is 53.7 Å². The fourth-order valence-electron chi connectivity index (χ4n) is 4.99. The molecule has 1 amide bonds. The number of piperazine rings is 1. The molecule has 11 nitrogen and oxygen atoms in total. The first-order valence-corrected chi connectivity index (χ1v) is 14.8. The molecule has 2 aliphatic heterocycles. The lowest BCUT2D eigenvalue weighted by molar-refractivity contribution is -0.121. The van der Waals surface area contributed by atoms with Crippen LogP contribution in [-0.2, 0) is 21.4 Å². The number of carbonyl (C=O) groups excluding carboxylic acids is 1. The first-order valence-electron chi connectivity index (χ1n) is 13.0. The van der Waals surface area contributed by atoms with Crippen LogP contribution in [0.25, 0.3) is 11.3 Å². The zero-order valence-corrected chi connectivity index (χ0v) is 23.7. The quantitative estimate of drug-likeness (QED) is 0.424. The van der Waals surface area contributed by atoms with Gasteiger partial charge in [-0.25, -0.2) is 27.2 Å². The molecule has 14 heteroatoms. The minimum absolute atomic E-state index is 0.0741. The molecule has 0 unspecified atom stereocenters. The maximum absolute atomic E-state index is 14.8. The number of ether oxygens (including phenoxy) is 2. The van der Waals surface area contributed by atoms with Crippen molar-refractivity contribution in [2.75, 3.05) is 62.9 Å². The number of benzene rings is 2. The Morgan fingerprint density at radius 1 is 1.12 bits per heavy atom. The zero-order chi connectivity index (χ0) is 29.3. The topological polar surface area (TPSA) is 117 Å². The van der Waals surface area contributed by atoms with Gasteiger partial charge in [-0.2, -0.15) is 4.31 Å². The van der Waals surface area contributed by atoms with Crippen molar-refractivity contribution in [1.82, 2.24) is 19.2 Å². The van der Waals surface area contributed by atoms with Crippen molar-refractivity contribution in [3.63, 3.8) is 0 Å². The third-order valence-electron chi connectivity index (χ3n) is 7.01. The van der Waals surface area contributed by atoms with E-state index in [9.17, 15) is 22.0 Å². The fraction of sp³-hybridized carbons (Fsp3) is 0.370. The van der Waals surface area contributed by atoms with Crippen LogP contribution in [0.3, 0.4) is 0 Å². The van der Waals surface area contributed by atoms with E-state index in [1.807, 2.05) is 13.0 Å². The van der Waals surface area contributed by atoms with Crippen LogP contribution >= 0.6 is 0 Å². The lowest BCUT2D eigenvalue weighted by Gasteiger charge is -2.35. The summed E-state index contributed by atoms with van der Waals surface area (Å²) in [5, 5.41) is 3.10. The molecule has 1 saturated heterocycles. The average molecular weight is 589 g/mol. The Labute approximate surface area is 236 Å². The van der Waals surface area contributed by atoms with Crippen molar-refractivity contribution < 1.29 is 31.5 Å². The van der Waals surface area contributed by atoms with Gasteiger partial charge in [-0.3, -0.25) is 9.69 Å². The number of anilines is 3. The minimum Gasteiger partial charge on any atom is -0.496 e. The number of sulfonamides is 1. The molecule has 1 aromatic heterocycles. The van der Waals surface area contributed by atoms with E-state index in [1.165, 1.54) is 29.8 Å². The molecule has 0 radical (unpaired) electrons. The maximum atomic E-state index is 14.8. The van der Waals surface area contributed by atoms with E-state index in [2.05, 4.69) is 20.2 Å². The molecule has 5 rings (SSSR count). The van der Waals surface area contributed by atoms with Crippen LogP contribution in [0.1, 0.15) is 12.5 Å². The highest BCUT2D eigenvalue weighted by molar-refractivity contribution is 7.88. The van der Waals surface area contributed by atoms with Gasteiger partial charge in [0.25, 0.3) is 5.91 Å². The van der Waals surface area contributed by atoms with Crippen molar-refractivity contribution in [2.24, 2.45) is 0 Å². The van der Waals surface area contributed by atoms with Gasteiger partial charge < -0.3 is 19.7 Å². The number of nitrogens with zero attached hydrogens (tertiary/aromatic N) is 5. The van der Waals surface area contributed by atoms with Crippen LogP contribution in [0.5, 0.6) is 11.5 Å². The summed E-state index contributed by atoms with van der Waals surface area (Å²) in [5.41, 5.74) is 2.07. The fourth-order valence-corrected chi connectivity index (χ4v) is 5.81. The second-order valence-corrected chi connectivity index (χ2v) is 11.7. The van der Waals surface area contributed by atoms with Crippen LogP contribution in [0.4, 0.5) is 26.1 Å². The standard InChI is InChI=1S/C27H30F2N6O5S/c1-4-35-22-13-19(31-27-30-14-21(29)25(32-27)20-6-5-18(28)12-23(20)39-2)11-17(26(22)40-16-24(35)36)15-33-7-9-34(10-8-33)41(3,37)38/h5-6,11-14H,4,7-10,15-16H2,1-3H3,(H,30,31,32). The summed E-state index contributed by atoms with van der Waals surface area (Å²) < 4.78 is 64.9. The summed E-state index contributed by atoms with van der Waals surface area (Å²) in [5.74, 6) is -0.666. The molecule has 2 aromatic carbocycles. The van der Waals surface area contributed by atoms with Gasteiger partial charge in [-0.15, -0.1) is 0 Å². The molecule has 3 aromatic rings. The first-order chi connectivity index (χ1) is 19.6. The minimum atomic E-state index is -3.27. The molecule has 2 aliphatic rings. The van der Waals surface area contributed by atoms with E-state index in [4.69, 9.17) is 9.47 Å². The predicted molar refractivity (Wildman–Crippen MR) is 149 cm³/mol. The molecule has 1 N–H and O–H groups in total. The molecule has 218 valence electrons. The summed E-state index contributed by atoms with van der Waals surface area (Å²) >= 11 is 0. The molecule has 0 atom stereocenters. The Morgan fingerprint density at radius 3 is 2.56 bits per heavy atom. The van der Waals surface area contributed by atoms with Gasteiger partial charge in [-0.05, 0) is 31.2 Å². The van der Waals surface area contributed by atoms with E-state index < -0.39 is 21.7 Å². The second kappa shape index (κ2) is 11.5. The van der Waals surface area contributed by atoms with E-state index in [1.54, 1.807) is 11.0 Å². The van der Waals surface area contributed by atoms with Gasteiger partial charge in [0.15, 0.2) is 12.4 Å². The van der Waals surface area contributed by atoms with E-state index in [-0.39, 0.29) is 35.5 Å². The first kappa shape index (κ1) is 28.6. The molecule has 0 saturated carbocycles. The van der Waals surface area contributed by atoms with Crippen molar-refractivity contribution in [3.8, 4) is 22.8 Å². The number of fused-ring (bicyclic) bond motifs is 1. The number of methoxy groups -OCH3 is 1. The third kappa shape index (κ3) is 6.09. The van der Waals surface area contributed by atoms with Crippen molar-refractivity contribution in [2.45, 2.75) is 13.5 Å². The molecule has 0 aliphatic carbocycles. The molecule has 41 heavy (non-hydrogen) atoms. The van der Waals surface area contributed by atoms with Crippen LogP contribution < -0.4 is 19.7 Å². The SMILES string of the molecule is CCN1C(=O)COc2c(CN3CCN(S(C)(=O)=O)CC3)cc(Nc3ncc(F)c(-c4ccc(F)cc4OC)n3)cc21. The third-order valence-corrected chi connectivity index (χ3v) is 8.31. The molecule has 0 spiro atoms. The summed E-state index contributed by atoms with van der Waals surface area (Å²) in [6, 6.07) is 7.30. The van der Waals surface area contributed by atoms with Gasteiger partial charge in [0.2, 0.25) is 16.0 Å². The van der Waals surface area contributed by atoms with E-state index in [0.29, 0.717) is 56.4 Å². The van der Waals surface area contributed by atoms with Crippen molar-refractivity contribution >= 4 is 33.3 Å². The number of likely N-dealkylation sites (N-methyl/N-ethyl adjacent to an activating group) is 1. The molecule has 0 bridgehead atoms. The Morgan fingerprint density at radius 2 is 1.88 bits per heavy atom. The highest BCUT2D eigenvalue weighted by Gasteiger charge is 2.30. The summed E-state index contributed by atoms with van der Waals surface area (Å²) in [4.78, 5) is 24.8. The average Bonchev–Trinajstić information content (AvgIpc) is 2.94. The van der Waals surface area contributed by atoms with E-state index in [0.717, 1.165) is 17.8 Å². The Balaban J connectivity index is 1.48. The molecule has 1 fully saturated rings. The summed E-state index contributed by atoms with van der Waals surface area (Å²) in [7, 11) is -1.91. The normalized spacial score (nSPS) is 16.3. The van der Waals surface area contributed by atoms with Crippen molar-refractivity contribution in [1.29, 1.82) is 0 Å². The molecular weight excluding hydrogens is 558 g/mol. The predicted octanol–water partition coefficient (Wildman–Crippen LogP) is 3.00. The highest BCUT2D eigenvalue weighted by Crippen LogP contribution is 2.40. The number of nitrogens with one attached hydrogen (secondary N) is 1. The van der Waals surface area contributed by atoms with Gasteiger partial charge in [0.1, 0.15) is 23.0 Å². The number of aromatic nitrogens is 2. The maximum Gasteiger partial charge on any atom is 0.265 e. The van der Waals surface area contributed by atoms with Crippen LogP contribution in [0.15, 0.2) is 36.5 Å². The molecule has 3 heterocycles. The lowest BCUT2D eigenvalue weighted by Crippen LogP contribution is -2.48. The van der Waals surface area contributed by atoms with Gasteiger partial charge in [0, 0.05) is 62.1 Å². The Hall–Kier alpha value is -3.88. The Kier molecular flexibility index (Phi) is 8.07. The largest absolute Gasteiger partial charge is 0.496 e. The summed E-state index contributed by atoms with van der Waals surface area (Å²) in [6.07, 6.45) is 2.21. The van der Waals surface area contributed by atoms with Gasteiger partial charge in [-0.1, -0.05) is 0 Å². The van der Waals surface area contributed by atoms with Crippen LogP contribution in [0.2, 0.25) is 0 Å². The number of rotatable bonds is 8. The van der Waals surface area contributed by atoms with Gasteiger partial charge in [0.05, 0.1) is 25.2 Å². The number of amides is 1. The van der Waals surface area contributed by atoms with E-state index >= 15 is 0 Å². The monoisotopic (exact) mass is 588 g/mol.